The van der Waals surface area contributed by atoms with Crippen LogP contribution in [0.4, 0.5) is 0 Å². The van der Waals surface area contributed by atoms with Gasteiger partial charge in [0.05, 0.1) is 11.9 Å². The molecule has 0 spiro atoms. The summed E-state index contributed by atoms with van der Waals surface area (Å²) in [5.74, 6) is 0. The van der Waals surface area contributed by atoms with Gasteiger partial charge in [0.25, 0.3) is 5.56 Å². The molecule has 7 nitrogen and oxygen atoms in total. The summed E-state index contributed by atoms with van der Waals surface area (Å²) in [6.45, 7) is 4.19. The maximum absolute atomic E-state index is 11.8. The van der Waals surface area contributed by atoms with E-state index in [4.69, 9.17) is 0 Å². The van der Waals surface area contributed by atoms with Crippen LogP contribution in [0.15, 0.2) is 58.5 Å². The second-order valence-corrected chi connectivity index (χ2v) is 6.77. The monoisotopic (exact) mass is 363 g/mol. The molecule has 0 unspecified atom stereocenters. The standard InChI is InChI=1S/C20H21N5O2/c1-14-4-2-3-5-18(14)25-13-16(11-22-25)15-6-8-24(9-7-15)12-17-10-21-20(27)23-19(17)26/h2-6,10-11,13H,7-9,12H2,1H3,(H2,21,23,26,27). The number of aromatic nitrogens is 4. The normalized spacial score (nSPS) is 14.9. The molecule has 0 bridgehead atoms. The lowest BCUT2D eigenvalue weighted by atomic mass is 10.0. The van der Waals surface area contributed by atoms with Crippen molar-refractivity contribution in [2.24, 2.45) is 0 Å². The van der Waals surface area contributed by atoms with Crippen LogP contribution in [0.3, 0.4) is 0 Å². The highest BCUT2D eigenvalue weighted by Crippen LogP contribution is 2.24. The van der Waals surface area contributed by atoms with Crippen LogP contribution in [0, 0.1) is 6.92 Å². The molecule has 27 heavy (non-hydrogen) atoms. The van der Waals surface area contributed by atoms with Gasteiger partial charge in [-0.05, 0) is 30.5 Å². The van der Waals surface area contributed by atoms with Crippen LogP contribution in [-0.4, -0.2) is 37.7 Å². The highest BCUT2D eigenvalue weighted by atomic mass is 16.2. The smallest absolute Gasteiger partial charge is 0.314 e. The van der Waals surface area contributed by atoms with Gasteiger partial charge in [-0.15, -0.1) is 0 Å². The number of hydrogen-bond acceptors (Lipinski definition) is 4. The zero-order valence-electron chi connectivity index (χ0n) is 15.1. The maximum Gasteiger partial charge on any atom is 0.325 e. The Morgan fingerprint density at radius 2 is 2.07 bits per heavy atom. The number of nitrogens with one attached hydrogen (secondary N) is 2. The summed E-state index contributed by atoms with van der Waals surface area (Å²) in [6.07, 6.45) is 8.53. The van der Waals surface area contributed by atoms with Gasteiger partial charge in [-0.2, -0.15) is 5.10 Å². The van der Waals surface area contributed by atoms with Crippen molar-refractivity contribution < 1.29 is 0 Å². The van der Waals surface area contributed by atoms with Crippen molar-refractivity contribution in [2.45, 2.75) is 19.9 Å². The van der Waals surface area contributed by atoms with Crippen molar-refractivity contribution in [3.8, 4) is 5.69 Å². The summed E-state index contributed by atoms with van der Waals surface area (Å²) in [5.41, 5.74) is 4.42. The SMILES string of the molecule is Cc1ccccc1-n1cc(C2=CCN(Cc3c[nH]c(=O)[nH]c3=O)CC2)cn1. The number of aryl methyl sites for hydroxylation is 1. The zero-order valence-corrected chi connectivity index (χ0v) is 15.1. The first-order valence-corrected chi connectivity index (χ1v) is 8.93. The number of benzene rings is 1. The van der Waals surface area contributed by atoms with Crippen LogP contribution in [0.2, 0.25) is 0 Å². The summed E-state index contributed by atoms with van der Waals surface area (Å²) < 4.78 is 1.91. The number of rotatable bonds is 4. The molecule has 138 valence electrons. The molecular weight excluding hydrogens is 342 g/mol. The zero-order chi connectivity index (χ0) is 18.8. The van der Waals surface area contributed by atoms with Gasteiger partial charge in [-0.25, -0.2) is 9.48 Å². The molecule has 0 radical (unpaired) electrons. The highest BCUT2D eigenvalue weighted by Gasteiger charge is 2.16. The summed E-state index contributed by atoms with van der Waals surface area (Å²) in [6, 6.07) is 8.17. The van der Waals surface area contributed by atoms with E-state index in [9.17, 15) is 9.59 Å². The van der Waals surface area contributed by atoms with Gasteiger partial charge in [-0.3, -0.25) is 14.7 Å². The molecule has 1 aromatic carbocycles. The van der Waals surface area contributed by atoms with Gasteiger partial charge in [0.1, 0.15) is 0 Å². The fraction of sp³-hybridized carbons (Fsp3) is 0.250. The van der Waals surface area contributed by atoms with Crippen LogP contribution in [0.1, 0.15) is 23.1 Å². The van der Waals surface area contributed by atoms with Crippen molar-refractivity contribution in [1.29, 1.82) is 0 Å². The van der Waals surface area contributed by atoms with Crippen molar-refractivity contribution in [3.05, 3.63) is 86.5 Å². The molecule has 0 atom stereocenters. The van der Waals surface area contributed by atoms with Gasteiger partial charge >= 0.3 is 5.69 Å². The van der Waals surface area contributed by atoms with E-state index < -0.39 is 5.69 Å². The van der Waals surface area contributed by atoms with E-state index in [0.29, 0.717) is 12.1 Å². The quantitative estimate of drug-likeness (QED) is 0.741. The van der Waals surface area contributed by atoms with Crippen LogP contribution in [0.5, 0.6) is 0 Å². The van der Waals surface area contributed by atoms with E-state index in [1.165, 1.54) is 17.3 Å². The van der Waals surface area contributed by atoms with Crippen LogP contribution in [0.25, 0.3) is 11.3 Å². The molecule has 2 aromatic heterocycles. The van der Waals surface area contributed by atoms with Gasteiger partial charge in [-0.1, -0.05) is 24.3 Å². The summed E-state index contributed by atoms with van der Waals surface area (Å²) in [7, 11) is 0. The maximum atomic E-state index is 11.8. The van der Waals surface area contributed by atoms with Gasteiger partial charge in [0.15, 0.2) is 0 Å². The Morgan fingerprint density at radius 1 is 1.22 bits per heavy atom. The Morgan fingerprint density at radius 3 is 2.81 bits per heavy atom. The van der Waals surface area contributed by atoms with E-state index in [1.807, 2.05) is 23.0 Å². The molecule has 2 N–H and O–H groups in total. The van der Waals surface area contributed by atoms with E-state index >= 15 is 0 Å². The molecule has 0 amide bonds. The van der Waals surface area contributed by atoms with Crippen LogP contribution >= 0.6 is 0 Å². The van der Waals surface area contributed by atoms with Crippen molar-refractivity contribution in [2.75, 3.05) is 13.1 Å². The predicted molar refractivity (Wildman–Crippen MR) is 104 cm³/mol. The van der Waals surface area contributed by atoms with E-state index in [-0.39, 0.29) is 5.56 Å². The van der Waals surface area contributed by atoms with E-state index in [0.717, 1.165) is 30.8 Å². The summed E-state index contributed by atoms with van der Waals surface area (Å²) in [4.78, 5) is 29.9. The minimum absolute atomic E-state index is 0.326. The Balaban J connectivity index is 1.47. The lowest BCUT2D eigenvalue weighted by Crippen LogP contribution is -2.33. The third-order valence-electron chi connectivity index (χ3n) is 4.90. The van der Waals surface area contributed by atoms with Crippen LogP contribution in [-0.2, 0) is 6.54 Å². The Labute approximate surface area is 156 Å². The second kappa shape index (κ2) is 7.20. The fourth-order valence-corrected chi connectivity index (χ4v) is 3.35. The van der Waals surface area contributed by atoms with Crippen molar-refractivity contribution in [3.63, 3.8) is 0 Å². The van der Waals surface area contributed by atoms with Gasteiger partial charge in [0, 0.05) is 43.2 Å². The van der Waals surface area contributed by atoms with Gasteiger partial charge < -0.3 is 4.98 Å². The molecule has 0 saturated carbocycles. The first-order valence-electron chi connectivity index (χ1n) is 8.93. The minimum Gasteiger partial charge on any atom is -0.314 e. The Bertz CT molecular complexity index is 1110. The molecule has 0 saturated heterocycles. The summed E-state index contributed by atoms with van der Waals surface area (Å²) in [5, 5.41) is 4.51. The molecular formula is C20H21N5O2. The lowest BCUT2D eigenvalue weighted by Gasteiger charge is -2.25. The van der Waals surface area contributed by atoms with Gasteiger partial charge in [0.2, 0.25) is 0 Å². The number of H-pyrrole nitrogens is 2. The fourth-order valence-electron chi connectivity index (χ4n) is 3.35. The highest BCUT2D eigenvalue weighted by molar-refractivity contribution is 5.66. The minimum atomic E-state index is -0.477. The summed E-state index contributed by atoms with van der Waals surface area (Å²) >= 11 is 0. The molecule has 4 rings (SSSR count). The average Bonchev–Trinajstić information content (AvgIpc) is 3.15. The molecule has 1 aliphatic rings. The molecule has 3 aromatic rings. The lowest BCUT2D eigenvalue weighted by molar-refractivity contribution is 0.292. The third kappa shape index (κ3) is 3.68. The third-order valence-corrected chi connectivity index (χ3v) is 4.90. The topological polar surface area (TPSA) is 86.8 Å². The number of nitrogens with zero attached hydrogens (tertiary/aromatic N) is 3. The Kier molecular flexibility index (Phi) is 4.60. The first-order chi connectivity index (χ1) is 13.1. The first kappa shape index (κ1) is 17.2. The molecule has 0 fully saturated rings. The predicted octanol–water partition coefficient (Wildman–Crippen LogP) is 1.85. The molecule has 3 heterocycles. The number of hydrogen-bond donors (Lipinski definition) is 2. The molecule has 7 heteroatoms. The largest absolute Gasteiger partial charge is 0.325 e. The van der Waals surface area contributed by atoms with Crippen LogP contribution < -0.4 is 11.2 Å². The number of aromatic amines is 2. The number of para-hydroxylation sites is 1. The van der Waals surface area contributed by atoms with Crippen molar-refractivity contribution >= 4 is 5.57 Å². The molecule has 1 aliphatic heterocycles. The second-order valence-electron chi connectivity index (χ2n) is 6.77. The van der Waals surface area contributed by atoms with E-state index in [2.05, 4.69) is 51.3 Å². The van der Waals surface area contributed by atoms with E-state index in [1.54, 1.807) is 0 Å². The Hall–Kier alpha value is -3.19. The van der Waals surface area contributed by atoms with Crippen molar-refractivity contribution in [1.82, 2.24) is 24.6 Å². The molecule has 0 aliphatic carbocycles. The average molecular weight is 363 g/mol.